The minimum atomic E-state index is -0.559. The molecule has 6 nitrogen and oxygen atoms in total. The van der Waals surface area contributed by atoms with Crippen molar-refractivity contribution >= 4 is 12.0 Å². The van der Waals surface area contributed by atoms with Crippen molar-refractivity contribution in [3.8, 4) is 0 Å². The van der Waals surface area contributed by atoms with Crippen LogP contribution in [0, 0.1) is 5.92 Å². The SMILES string of the molecule is CC(C)COC1CCN(C(=O)CNC(=O)OC(C)(C)C)CC1. The van der Waals surface area contributed by atoms with E-state index in [0.717, 1.165) is 19.4 Å². The first kappa shape index (κ1) is 18.7. The molecule has 0 aromatic rings. The number of amides is 2. The summed E-state index contributed by atoms with van der Waals surface area (Å²) in [6.07, 6.45) is 1.39. The van der Waals surface area contributed by atoms with Crippen molar-refractivity contribution in [3.05, 3.63) is 0 Å². The minimum absolute atomic E-state index is 0.0214. The van der Waals surface area contributed by atoms with E-state index in [1.807, 2.05) is 0 Å². The smallest absolute Gasteiger partial charge is 0.408 e. The number of hydrogen-bond acceptors (Lipinski definition) is 4. The first-order valence-electron chi connectivity index (χ1n) is 8.03. The fraction of sp³-hybridized carbons (Fsp3) is 0.875. The minimum Gasteiger partial charge on any atom is -0.444 e. The van der Waals surface area contributed by atoms with Crippen LogP contribution >= 0.6 is 0 Å². The van der Waals surface area contributed by atoms with E-state index < -0.39 is 11.7 Å². The standard InChI is InChI=1S/C16H30N2O4/c1-12(2)11-21-13-6-8-18(9-7-13)14(19)10-17-15(20)22-16(3,4)5/h12-13H,6-11H2,1-5H3,(H,17,20). The second-order valence-electron chi connectivity index (χ2n) is 7.16. The Balaban J connectivity index is 2.24. The third-order valence-corrected chi connectivity index (χ3v) is 3.24. The zero-order valence-corrected chi connectivity index (χ0v) is 14.5. The second-order valence-corrected chi connectivity index (χ2v) is 7.16. The molecule has 1 saturated heterocycles. The van der Waals surface area contributed by atoms with E-state index in [0.29, 0.717) is 19.0 Å². The lowest BCUT2D eigenvalue weighted by molar-refractivity contribution is -0.133. The average molecular weight is 314 g/mol. The summed E-state index contributed by atoms with van der Waals surface area (Å²) >= 11 is 0. The molecule has 0 aromatic heterocycles. The maximum absolute atomic E-state index is 12.1. The topological polar surface area (TPSA) is 67.9 Å². The van der Waals surface area contributed by atoms with Gasteiger partial charge in [-0.05, 0) is 39.5 Å². The van der Waals surface area contributed by atoms with Gasteiger partial charge in [-0.2, -0.15) is 0 Å². The molecule has 1 heterocycles. The maximum atomic E-state index is 12.1. The summed E-state index contributed by atoms with van der Waals surface area (Å²) in [4.78, 5) is 25.3. The number of hydrogen-bond donors (Lipinski definition) is 1. The predicted octanol–water partition coefficient (Wildman–Crippen LogP) is 2.17. The van der Waals surface area contributed by atoms with Crippen LogP contribution in [0.4, 0.5) is 4.79 Å². The van der Waals surface area contributed by atoms with E-state index in [4.69, 9.17) is 9.47 Å². The van der Waals surface area contributed by atoms with E-state index in [-0.39, 0.29) is 18.6 Å². The number of alkyl carbamates (subject to hydrolysis) is 1. The lowest BCUT2D eigenvalue weighted by atomic mass is 10.1. The Morgan fingerprint density at radius 3 is 2.32 bits per heavy atom. The number of carbonyl (C=O) groups is 2. The Morgan fingerprint density at radius 1 is 1.23 bits per heavy atom. The number of nitrogens with zero attached hydrogens (tertiary/aromatic N) is 1. The van der Waals surface area contributed by atoms with Gasteiger partial charge in [0.05, 0.1) is 6.10 Å². The number of nitrogens with one attached hydrogen (secondary N) is 1. The summed E-state index contributed by atoms with van der Waals surface area (Å²) in [5.74, 6) is 0.450. The summed E-state index contributed by atoms with van der Waals surface area (Å²) < 4.78 is 10.9. The summed E-state index contributed by atoms with van der Waals surface area (Å²) in [7, 11) is 0. The van der Waals surface area contributed by atoms with E-state index in [1.54, 1.807) is 25.7 Å². The Labute approximate surface area is 133 Å². The molecule has 0 unspecified atom stereocenters. The van der Waals surface area contributed by atoms with Crippen molar-refractivity contribution in [2.24, 2.45) is 5.92 Å². The summed E-state index contributed by atoms with van der Waals surface area (Å²) in [6.45, 7) is 11.7. The molecule has 2 amide bonds. The quantitative estimate of drug-likeness (QED) is 0.844. The number of piperidine rings is 1. The molecule has 0 bridgehead atoms. The molecule has 1 rings (SSSR count). The van der Waals surface area contributed by atoms with Crippen LogP contribution < -0.4 is 5.32 Å². The number of likely N-dealkylation sites (tertiary alicyclic amines) is 1. The van der Waals surface area contributed by atoms with Crippen molar-refractivity contribution in [2.45, 2.75) is 59.2 Å². The normalized spacial score (nSPS) is 16.7. The molecule has 1 aliphatic heterocycles. The average Bonchev–Trinajstić information content (AvgIpc) is 2.41. The van der Waals surface area contributed by atoms with E-state index in [9.17, 15) is 9.59 Å². The van der Waals surface area contributed by atoms with Crippen molar-refractivity contribution < 1.29 is 19.1 Å². The highest BCUT2D eigenvalue weighted by molar-refractivity contribution is 5.82. The van der Waals surface area contributed by atoms with Gasteiger partial charge in [-0.1, -0.05) is 13.8 Å². The molecule has 0 aliphatic carbocycles. The molecule has 1 fully saturated rings. The molecule has 0 radical (unpaired) electrons. The van der Waals surface area contributed by atoms with Crippen molar-refractivity contribution in [1.82, 2.24) is 10.2 Å². The number of carbonyl (C=O) groups excluding carboxylic acids is 2. The second kappa shape index (κ2) is 8.36. The van der Waals surface area contributed by atoms with Gasteiger partial charge in [0, 0.05) is 19.7 Å². The van der Waals surface area contributed by atoms with Crippen molar-refractivity contribution in [2.75, 3.05) is 26.2 Å². The zero-order valence-electron chi connectivity index (χ0n) is 14.5. The van der Waals surface area contributed by atoms with Gasteiger partial charge in [0.15, 0.2) is 0 Å². The molecule has 1 N–H and O–H groups in total. The number of rotatable bonds is 5. The van der Waals surface area contributed by atoms with Gasteiger partial charge < -0.3 is 19.7 Å². The van der Waals surface area contributed by atoms with Gasteiger partial charge in [-0.3, -0.25) is 4.79 Å². The molecule has 1 aliphatic rings. The third kappa shape index (κ3) is 7.64. The largest absolute Gasteiger partial charge is 0.444 e. The molecular formula is C16H30N2O4. The first-order chi connectivity index (χ1) is 10.2. The van der Waals surface area contributed by atoms with Crippen molar-refractivity contribution in [1.29, 1.82) is 0 Å². The predicted molar refractivity (Wildman–Crippen MR) is 84.6 cm³/mol. The van der Waals surface area contributed by atoms with E-state index in [2.05, 4.69) is 19.2 Å². The highest BCUT2D eigenvalue weighted by atomic mass is 16.6. The van der Waals surface area contributed by atoms with Gasteiger partial charge in [-0.25, -0.2) is 4.79 Å². The lowest BCUT2D eigenvalue weighted by Crippen LogP contribution is -2.46. The molecule has 6 heteroatoms. The van der Waals surface area contributed by atoms with Crippen LogP contribution in [-0.4, -0.2) is 54.8 Å². The van der Waals surface area contributed by atoms with Crippen LogP contribution in [-0.2, 0) is 14.3 Å². The molecule has 0 spiro atoms. The Kier molecular flexibility index (Phi) is 7.13. The zero-order chi connectivity index (χ0) is 16.8. The molecule has 0 atom stereocenters. The summed E-state index contributed by atoms with van der Waals surface area (Å²) in [5, 5.41) is 2.50. The van der Waals surface area contributed by atoms with Crippen LogP contribution in [0.25, 0.3) is 0 Å². The van der Waals surface area contributed by atoms with Crippen molar-refractivity contribution in [3.63, 3.8) is 0 Å². The highest BCUT2D eigenvalue weighted by Gasteiger charge is 2.24. The number of ether oxygens (including phenoxy) is 2. The Hall–Kier alpha value is -1.30. The van der Waals surface area contributed by atoms with Gasteiger partial charge in [-0.15, -0.1) is 0 Å². The fourth-order valence-electron chi connectivity index (χ4n) is 2.17. The van der Waals surface area contributed by atoms with E-state index >= 15 is 0 Å². The lowest BCUT2D eigenvalue weighted by Gasteiger charge is -2.32. The summed E-state index contributed by atoms with van der Waals surface area (Å²) in [6, 6.07) is 0. The highest BCUT2D eigenvalue weighted by Crippen LogP contribution is 2.14. The van der Waals surface area contributed by atoms with Crippen LogP contribution in [0.2, 0.25) is 0 Å². The Morgan fingerprint density at radius 2 is 1.82 bits per heavy atom. The van der Waals surface area contributed by atoms with E-state index in [1.165, 1.54) is 0 Å². The monoisotopic (exact) mass is 314 g/mol. The first-order valence-corrected chi connectivity index (χ1v) is 8.03. The van der Waals surface area contributed by atoms with Crippen LogP contribution in [0.15, 0.2) is 0 Å². The molecular weight excluding hydrogens is 284 g/mol. The van der Waals surface area contributed by atoms with Gasteiger partial charge in [0.2, 0.25) is 5.91 Å². The summed E-state index contributed by atoms with van der Waals surface area (Å²) in [5.41, 5.74) is -0.556. The van der Waals surface area contributed by atoms with Gasteiger partial charge >= 0.3 is 6.09 Å². The van der Waals surface area contributed by atoms with Gasteiger partial charge in [0.25, 0.3) is 0 Å². The van der Waals surface area contributed by atoms with Gasteiger partial charge in [0.1, 0.15) is 12.1 Å². The van der Waals surface area contributed by atoms with Crippen LogP contribution in [0.1, 0.15) is 47.5 Å². The maximum Gasteiger partial charge on any atom is 0.408 e. The molecule has 0 saturated carbocycles. The fourth-order valence-corrected chi connectivity index (χ4v) is 2.17. The molecule has 22 heavy (non-hydrogen) atoms. The molecule has 0 aromatic carbocycles. The Bertz CT molecular complexity index is 369. The van der Waals surface area contributed by atoms with Crippen LogP contribution in [0.3, 0.4) is 0 Å². The van der Waals surface area contributed by atoms with Crippen LogP contribution in [0.5, 0.6) is 0 Å². The third-order valence-electron chi connectivity index (χ3n) is 3.24. The molecule has 128 valence electrons.